The number of thiazole rings is 1. The lowest BCUT2D eigenvalue weighted by atomic mass is 9.85. The van der Waals surface area contributed by atoms with Crippen molar-refractivity contribution in [1.82, 2.24) is 9.88 Å². The zero-order valence-corrected chi connectivity index (χ0v) is 17.7. The molecule has 0 spiro atoms. The van der Waals surface area contributed by atoms with Crippen LogP contribution in [0.25, 0.3) is 10.2 Å². The highest BCUT2D eigenvalue weighted by atomic mass is 32.1. The molecule has 1 aromatic heterocycles. The van der Waals surface area contributed by atoms with E-state index in [4.69, 9.17) is 0 Å². The second-order valence-corrected chi connectivity index (χ2v) is 9.36. The van der Waals surface area contributed by atoms with Crippen LogP contribution in [0.4, 0.5) is 5.13 Å². The Bertz CT molecular complexity index is 984. The minimum Gasteiger partial charge on any atom is -0.300 e. The second kappa shape index (κ2) is 7.71. The van der Waals surface area contributed by atoms with Gasteiger partial charge in [0.25, 0.3) is 0 Å². The number of hydrogen-bond acceptors (Lipinski definition) is 5. The van der Waals surface area contributed by atoms with Crippen molar-refractivity contribution in [3.8, 4) is 0 Å². The maximum atomic E-state index is 13.2. The summed E-state index contributed by atoms with van der Waals surface area (Å²) in [6, 6.07) is 5.12. The van der Waals surface area contributed by atoms with Crippen LogP contribution in [-0.2, 0) is 14.4 Å². The van der Waals surface area contributed by atoms with Crippen molar-refractivity contribution in [1.29, 1.82) is 0 Å². The number of benzene rings is 1. The van der Waals surface area contributed by atoms with Crippen molar-refractivity contribution in [2.24, 2.45) is 17.8 Å². The Morgan fingerprint density at radius 1 is 1.21 bits per heavy atom. The van der Waals surface area contributed by atoms with Gasteiger partial charge in [0.1, 0.15) is 6.04 Å². The average molecular weight is 412 g/mol. The van der Waals surface area contributed by atoms with Gasteiger partial charge in [-0.1, -0.05) is 43.4 Å². The summed E-state index contributed by atoms with van der Waals surface area (Å²) in [6.45, 7) is 5.98. The number of rotatable bonds is 5. The SMILES string of the molecule is Cc1ccc2nc(NC(=O)[C@H](CC(C)C)N3C(=O)[C@H]4CC=CC[C@H]4C3=O)sc2c1. The van der Waals surface area contributed by atoms with Gasteiger partial charge in [-0.3, -0.25) is 19.3 Å². The molecule has 2 aliphatic rings. The van der Waals surface area contributed by atoms with Crippen molar-refractivity contribution < 1.29 is 14.4 Å². The van der Waals surface area contributed by atoms with E-state index in [1.807, 2.05) is 51.1 Å². The molecule has 1 N–H and O–H groups in total. The third kappa shape index (κ3) is 3.71. The number of allylic oxidation sites excluding steroid dienone is 2. The van der Waals surface area contributed by atoms with E-state index in [0.29, 0.717) is 24.4 Å². The number of nitrogens with one attached hydrogen (secondary N) is 1. The van der Waals surface area contributed by atoms with E-state index in [9.17, 15) is 14.4 Å². The van der Waals surface area contributed by atoms with E-state index in [2.05, 4.69) is 10.3 Å². The Kier molecular flexibility index (Phi) is 5.25. The molecule has 2 heterocycles. The van der Waals surface area contributed by atoms with Crippen LogP contribution in [0.2, 0.25) is 0 Å². The lowest BCUT2D eigenvalue weighted by molar-refractivity contribution is -0.147. The van der Waals surface area contributed by atoms with Gasteiger partial charge in [-0.2, -0.15) is 0 Å². The Hall–Kier alpha value is -2.54. The third-order valence-corrected chi connectivity index (χ3v) is 6.56. The number of amides is 3. The van der Waals surface area contributed by atoms with Gasteiger partial charge in [0, 0.05) is 0 Å². The lowest BCUT2D eigenvalue weighted by Crippen LogP contribution is -2.48. The van der Waals surface area contributed by atoms with Gasteiger partial charge in [0.15, 0.2) is 5.13 Å². The van der Waals surface area contributed by atoms with Crippen molar-refractivity contribution >= 4 is 44.4 Å². The molecule has 1 fully saturated rings. The topological polar surface area (TPSA) is 79.4 Å². The zero-order valence-electron chi connectivity index (χ0n) is 16.8. The van der Waals surface area contributed by atoms with Crippen LogP contribution in [0.15, 0.2) is 30.4 Å². The Morgan fingerprint density at radius 3 is 2.48 bits per heavy atom. The number of imide groups is 1. The molecule has 0 radical (unpaired) electrons. The fourth-order valence-electron chi connectivity index (χ4n) is 4.18. The minimum absolute atomic E-state index is 0.158. The zero-order chi connectivity index (χ0) is 20.7. The molecule has 2 aromatic rings. The molecule has 29 heavy (non-hydrogen) atoms. The summed E-state index contributed by atoms with van der Waals surface area (Å²) in [5.74, 6) is -1.29. The quantitative estimate of drug-likeness (QED) is 0.598. The van der Waals surface area contributed by atoms with Crippen LogP contribution in [0, 0.1) is 24.7 Å². The highest BCUT2D eigenvalue weighted by molar-refractivity contribution is 7.22. The van der Waals surface area contributed by atoms with Crippen molar-refractivity contribution in [3.05, 3.63) is 35.9 Å². The minimum atomic E-state index is -0.811. The van der Waals surface area contributed by atoms with Crippen LogP contribution < -0.4 is 5.32 Å². The predicted octanol–water partition coefficient (Wildman–Crippen LogP) is 3.91. The molecule has 6 nitrogen and oxygen atoms in total. The first-order valence-corrected chi connectivity index (χ1v) is 10.9. The number of aryl methyl sites for hydroxylation is 1. The molecular weight excluding hydrogens is 386 g/mol. The van der Waals surface area contributed by atoms with Crippen molar-refractivity contribution in [3.63, 3.8) is 0 Å². The molecule has 152 valence electrons. The number of fused-ring (bicyclic) bond motifs is 2. The molecule has 0 bridgehead atoms. The molecular formula is C22H25N3O3S. The molecule has 1 aliphatic heterocycles. The molecule has 3 amide bonds. The molecule has 0 unspecified atom stereocenters. The normalized spacial score (nSPS) is 22.4. The first kappa shape index (κ1) is 19.8. The number of aromatic nitrogens is 1. The number of carbonyl (C=O) groups is 3. The molecule has 4 rings (SSSR count). The van der Waals surface area contributed by atoms with Gasteiger partial charge in [-0.05, 0) is 49.8 Å². The highest BCUT2D eigenvalue weighted by Gasteiger charge is 2.51. The van der Waals surface area contributed by atoms with Crippen LogP contribution in [0.3, 0.4) is 0 Å². The average Bonchev–Trinajstić information content (AvgIpc) is 3.18. The Labute approximate surface area is 174 Å². The summed E-state index contributed by atoms with van der Waals surface area (Å²) in [4.78, 5) is 44.9. The van der Waals surface area contributed by atoms with Gasteiger partial charge >= 0.3 is 0 Å². The van der Waals surface area contributed by atoms with Gasteiger partial charge in [0.2, 0.25) is 17.7 Å². The first-order valence-electron chi connectivity index (χ1n) is 10.0. The molecule has 1 saturated heterocycles. The summed E-state index contributed by atoms with van der Waals surface area (Å²) in [5.41, 5.74) is 1.95. The smallest absolute Gasteiger partial charge is 0.249 e. The third-order valence-electron chi connectivity index (χ3n) is 5.62. The standard InChI is InChI=1S/C22H25N3O3S/c1-12(2)10-17(25-20(27)14-6-4-5-7-15(14)21(25)28)19(26)24-22-23-16-9-8-13(3)11-18(16)29-22/h4-5,8-9,11-12,14-15,17H,6-7,10H2,1-3H3,(H,23,24,26)/t14-,15+,17-/m0/s1. The van der Waals surface area contributed by atoms with E-state index in [-0.39, 0.29) is 35.5 Å². The summed E-state index contributed by atoms with van der Waals surface area (Å²) in [5, 5.41) is 3.35. The summed E-state index contributed by atoms with van der Waals surface area (Å²) < 4.78 is 0.992. The van der Waals surface area contributed by atoms with Crippen LogP contribution in [0.1, 0.15) is 38.7 Å². The van der Waals surface area contributed by atoms with Gasteiger partial charge in [-0.15, -0.1) is 0 Å². The van der Waals surface area contributed by atoms with E-state index >= 15 is 0 Å². The second-order valence-electron chi connectivity index (χ2n) is 8.33. The lowest BCUT2D eigenvalue weighted by Gasteiger charge is -2.26. The first-order chi connectivity index (χ1) is 13.8. The summed E-state index contributed by atoms with van der Waals surface area (Å²) >= 11 is 1.40. The largest absolute Gasteiger partial charge is 0.300 e. The van der Waals surface area contributed by atoms with Crippen LogP contribution in [0.5, 0.6) is 0 Å². The van der Waals surface area contributed by atoms with Gasteiger partial charge in [-0.25, -0.2) is 4.98 Å². The number of likely N-dealkylation sites (tertiary alicyclic amines) is 1. The van der Waals surface area contributed by atoms with Crippen LogP contribution >= 0.6 is 11.3 Å². The van der Waals surface area contributed by atoms with Crippen molar-refractivity contribution in [2.75, 3.05) is 5.32 Å². The number of hydrogen-bond donors (Lipinski definition) is 1. The summed E-state index contributed by atoms with van der Waals surface area (Å²) in [6.07, 6.45) is 5.48. The molecule has 3 atom stereocenters. The Morgan fingerprint density at radius 2 is 1.86 bits per heavy atom. The van der Waals surface area contributed by atoms with E-state index in [1.165, 1.54) is 16.2 Å². The predicted molar refractivity (Wildman–Crippen MR) is 113 cm³/mol. The number of anilines is 1. The number of nitrogens with zero attached hydrogens (tertiary/aromatic N) is 2. The molecule has 0 saturated carbocycles. The maximum Gasteiger partial charge on any atom is 0.249 e. The fourth-order valence-corrected chi connectivity index (χ4v) is 5.15. The van der Waals surface area contributed by atoms with Gasteiger partial charge in [0.05, 0.1) is 22.1 Å². The molecule has 7 heteroatoms. The maximum absolute atomic E-state index is 13.2. The molecule has 1 aliphatic carbocycles. The van der Waals surface area contributed by atoms with Crippen molar-refractivity contribution in [2.45, 2.75) is 46.1 Å². The van der Waals surface area contributed by atoms with Gasteiger partial charge < -0.3 is 5.32 Å². The monoisotopic (exact) mass is 411 g/mol. The summed E-state index contributed by atoms with van der Waals surface area (Å²) in [7, 11) is 0. The van der Waals surface area contributed by atoms with E-state index < -0.39 is 6.04 Å². The molecule has 1 aromatic carbocycles. The Balaban J connectivity index is 1.59. The van der Waals surface area contributed by atoms with Crippen LogP contribution in [-0.4, -0.2) is 33.6 Å². The van der Waals surface area contributed by atoms with E-state index in [1.54, 1.807) is 0 Å². The number of carbonyl (C=O) groups excluding carboxylic acids is 3. The highest BCUT2D eigenvalue weighted by Crippen LogP contribution is 2.37. The fraction of sp³-hybridized carbons (Fsp3) is 0.455. The van der Waals surface area contributed by atoms with E-state index in [0.717, 1.165) is 15.8 Å².